The predicted molar refractivity (Wildman–Crippen MR) is 68.7 cm³/mol. The molecule has 0 aromatic carbocycles. The minimum atomic E-state index is -0.0594. The van der Waals surface area contributed by atoms with Gasteiger partial charge in [0, 0.05) is 11.8 Å². The molecule has 1 rings (SSSR count). The van der Waals surface area contributed by atoms with Crippen molar-refractivity contribution in [3.8, 4) is 0 Å². The summed E-state index contributed by atoms with van der Waals surface area (Å²) in [6.07, 6.45) is 3.06. The van der Waals surface area contributed by atoms with Gasteiger partial charge >= 0.3 is 0 Å². The molecule has 0 spiro atoms. The number of carbonyl (C=O) groups excluding carboxylic acids is 1. The van der Waals surface area contributed by atoms with Crippen LogP contribution in [0, 0.1) is 0 Å². The molecule has 0 aliphatic carbocycles. The van der Waals surface area contributed by atoms with E-state index in [2.05, 4.69) is 18.5 Å². The Labute approximate surface area is 98.4 Å². The van der Waals surface area contributed by atoms with Crippen molar-refractivity contribution in [3.63, 3.8) is 0 Å². The number of rotatable bonds is 5. The fourth-order valence-electron chi connectivity index (χ4n) is 1.09. The maximum atomic E-state index is 11.6. The van der Waals surface area contributed by atoms with Crippen LogP contribution in [-0.4, -0.2) is 24.0 Å². The van der Waals surface area contributed by atoms with Gasteiger partial charge in [-0.2, -0.15) is 11.8 Å². The lowest BCUT2D eigenvalue weighted by Gasteiger charge is -2.08. The summed E-state index contributed by atoms with van der Waals surface area (Å²) in [6, 6.07) is 1.75. The number of carbonyl (C=O) groups is 1. The lowest BCUT2D eigenvalue weighted by molar-refractivity contribution is 0.0958. The third-order valence-electron chi connectivity index (χ3n) is 2.14. The first kappa shape index (κ1) is 12.4. The van der Waals surface area contributed by atoms with Crippen LogP contribution in [0.5, 0.6) is 0 Å². The third-order valence-corrected chi connectivity index (χ3v) is 4.11. The van der Waals surface area contributed by atoms with Gasteiger partial charge in [-0.1, -0.05) is 6.92 Å². The number of thioether (sulfide) groups is 1. The number of anilines is 1. The second-order valence-electron chi connectivity index (χ2n) is 3.30. The minimum absolute atomic E-state index is 0.0594. The summed E-state index contributed by atoms with van der Waals surface area (Å²) >= 11 is 3.18. The standard InChI is InChI=1S/C10H16N2OS2/c1-7(14-2)3-5-12-10(13)9-8(11)4-6-15-9/h4,6-7H,3,5,11H2,1-2H3,(H,12,13). The molecule has 1 aromatic rings. The summed E-state index contributed by atoms with van der Waals surface area (Å²) in [5.74, 6) is -0.0594. The molecule has 0 radical (unpaired) electrons. The van der Waals surface area contributed by atoms with Gasteiger partial charge < -0.3 is 11.1 Å². The highest BCUT2D eigenvalue weighted by Crippen LogP contribution is 2.18. The van der Waals surface area contributed by atoms with Crippen molar-refractivity contribution in [2.24, 2.45) is 0 Å². The van der Waals surface area contributed by atoms with Crippen LogP contribution in [0.3, 0.4) is 0 Å². The third kappa shape index (κ3) is 3.76. The average molecular weight is 244 g/mol. The maximum Gasteiger partial charge on any atom is 0.263 e. The first-order chi connectivity index (χ1) is 7.15. The van der Waals surface area contributed by atoms with Gasteiger partial charge in [0.2, 0.25) is 0 Å². The van der Waals surface area contributed by atoms with E-state index in [-0.39, 0.29) is 5.91 Å². The molecule has 3 nitrogen and oxygen atoms in total. The van der Waals surface area contributed by atoms with E-state index in [4.69, 9.17) is 5.73 Å². The smallest absolute Gasteiger partial charge is 0.263 e. The van der Waals surface area contributed by atoms with Crippen LogP contribution < -0.4 is 11.1 Å². The van der Waals surface area contributed by atoms with Gasteiger partial charge in [-0.25, -0.2) is 0 Å². The van der Waals surface area contributed by atoms with Gasteiger partial charge in [0.25, 0.3) is 5.91 Å². The van der Waals surface area contributed by atoms with Crippen molar-refractivity contribution in [1.82, 2.24) is 5.32 Å². The molecule has 1 amide bonds. The molecule has 0 aliphatic rings. The Morgan fingerprint density at radius 1 is 1.73 bits per heavy atom. The molecular formula is C10H16N2OS2. The topological polar surface area (TPSA) is 55.1 Å². The van der Waals surface area contributed by atoms with Crippen LogP contribution >= 0.6 is 23.1 Å². The van der Waals surface area contributed by atoms with Crippen molar-refractivity contribution in [2.45, 2.75) is 18.6 Å². The van der Waals surface area contributed by atoms with Crippen molar-refractivity contribution >= 4 is 34.7 Å². The quantitative estimate of drug-likeness (QED) is 0.835. The molecule has 3 N–H and O–H groups in total. The van der Waals surface area contributed by atoms with Gasteiger partial charge in [-0.3, -0.25) is 4.79 Å². The Morgan fingerprint density at radius 3 is 3.00 bits per heavy atom. The number of hydrogen-bond acceptors (Lipinski definition) is 4. The Kier molecular flexibility index (Phi) is 4.98. The highest BCUT2D eigenvalue weighted by Gasteiger charge is 2.10. The summed E-state index contributed by atoms with van der Waals surface area (Å²) in [7, 11) is 0. The lowest BCUT2D eigenvalue weighted by Crippen LogP contribution is -2.25. The molecule has 1 unspecified atom stereocenters. The largest absolute Gasteiger partial charge is 0.397 e. The van der Waals surface area contributed by atoms with E-state index < -0.39 is 0 Å². The van der Waals surface area contributed by atoms with Gasteiger partial charge in [-0.15, -0.1) is 11.3 Å². The van der Waals surface area contributed by atoms with Crippen LogP contribution in [0.25, 0.3) is 0 Å². The fourth-order valence-corrected chi connectivity index (χ4v) is 2.18. The first-order valence-electron chi connectivity index (χ1n) is 4.79. The summed E-state index contributed by atoms with van der Waals surface area (Å²) < 4.78 is 0. The zero-order valence-electron chi connectivity index (χ0n) is 8.95. The van der Waals surface area contributed by atoms with Crippen LogP contribution in [0.1, 0.15) is 23.0 Å². The van der Waals surface area contributed by atoms with E-state index in [0.29, 0.717) is 22.4 Å². The molecule has 15 heavy (non-hydrogen) atoms. The number of nitrogen functional groups attached to an aromatic ring is 1. The first-order valence-corrected chi connectivity index (χ1v) is 6.96. The summed E-state index contributed by atoms with van der Waals surface area (Å²) in [5.41, 5.74) is 6.21. The Morgan fingerprint density at radius 2 is 2.47 bits per heavy atom. The van der Waals surface area contributed by atoms with Gasteiger partial charge in [0.05, 0.1) is 5.69 Å². The Balaban J connectivity index is 2.34. The number of thiophene rings is 1. The van der Waals surface area contributed by atoms with Crippen LogP contribution in [-0.2, 0) is 0 Å². The van der Waals surface area contributed by atoms with E-state index in [1.807, 2.05) is 5.38 Å². The number of amides is 1. The summed E-state index contributed by atoms with van der Waals surface area (Å²) in [6.45, 7) is 2.86. The van der Waals surface area contributed by atoms with Crippen LogP contribution in [0.4, 0.5) is 5.69 Å². The summed E-state index contributed by atoms with van der Waals surface area (Å²) in [4.78, 5) is 12.2. The molecule has 1 atom stereocenters. The lowest BCUT2D eigenvalue weighted by atomic mass is 10.3. The van der Waals surface area contributed by atoms with Gasteiger partial charge in [0.1, 0.15) is 4.88 Å². The zero-order valence-corrected chi connectivity index (χ0v) is 10.6. The van der Waals surface area contributed by atoms with Crippen molar-refractivity contribution in [2.75, 3.05) is 18.5 Å². The molecule has 0 fully saturated rings. The van der Waals surface area contributed by atoms with Crippen molar-refractivity contribution in [1.29, 1.82) is 0 Å². The van der Waals surface area contributed by atoms with E-state index in [1.165, 1.54) is 11.3 Å². The monoisotopic (exact) mass is 244 g/mol. The summed E-state index contributed by atoms with van der Waals surface area (Å²) in [5, 5.41) is 5.27. The van der Waals surface area contributed by atoms with Crippen LogP contribution in [0.15, 0.2) is 11.4 Å². The highest BCUT2D eigenvalue weighted by atomic mass is 32.2. The normalized spacial score (nSPS) is 12.4. The highest BCUT2D eigenvalue weighted by molar-refractivity contribution is 7.99. The Bertz CT molecular complexity index is 325. The molecule has 1 aromatic heterocycles. The zero-order chi connectivity index (χ0) is 11.3. The van der Waals surface area contributed by atoms with Crippen molar-refractivity contribution in [3.05, 3.63) is 16.3 Å². The molecule has 0 bridgehead atoms. The van der Waals surface area contributed by atoms with E-state index in [0.717, 1.165) is 6.42 Å². The SMILES string of the molecule is CSC(C)CCNC(=O)c1sccc1N. The molecule has 0 saturated heterocycles. The number of nitrogens with two attached hydrogens (primary N) is 1. The van der Waals surface area contributed by atoms with Crippen LogP contribution in [0.2, 0.25) is 0 Å². The predicted octanol–water partition coefficient (Wildman–Crippen LogP) is 2.20. The van der Waals surface area contributed by atoms with Gasteiger partial charge in [-0.05, 0) is 24.1 Å². The van der Waals surface area contributed by atoms with E-state index in [1.54, 1.807) is 17.8 Å². The molecular weight excluding hydrogens is 228 g/mol. The second kappa shape index (κ2) is 6.02. The number of nitrogens with one attached hydrogen (secondary N) is 1. The molecule has 5 heteroatoms. The second-order valence-corrected chi connectivity index (χ2v) is 5.49. The molecule has 0 aliphatic heterocycles. The number of hydrogen-bond donors (Lipinski definition) is 2. The van der Waals surface area contributed by atoms with E-state index >= 15 is 0 Å². The molecule has 84 valence electrons. The maximum absolute atomic E-state index is 11.6. The molecule has 0 saturated carbocycles. The Hall–Kier alpha value is -0.680. The average Bonchev–Trinajstić information content (AvgIpc) is 2.64. The van der Waals surface area contributed by atoms with Crippen molar-refractivity contribution < 1.29 is 4.79 Å². The van der Waals surface area contributed by atoms with E-state index in [9.17, 15) is 4.79 Å². The molecule has 1 heterocycles. The fraction of sp³-hybridized carbons (Fsp3) is 0.500. The van der Waals surface area contributed by atoms with Gasteiger partial charge in [0.15, 0.2) is 0 Å². The minimum Gasteiger partial charge on any atom is -0.397 e.